The van der Waals surface area contributed by atoms with E-state index in [1.54, 1.807) is 0 Å². The first kappa shape index (κ1) is 16.6. The molecule has 26 heavy (non-hydrogen) atoms. The summed E-state index contributed by atoms with van der Waals surface area (Å²) in [5.41, 5.74) is 4.63. The Kier molecular flexibility index (Phi) is 4.61. The quantitative estimate of drug-likeness (QED) is 0.814. The van der Waals surface area contributed by atoms with E-state index in [4.69, 9.17) is 4.74 Å². The molecule has 0 bridgehead atoms. The van der Waals surface area contributed by atoms with Crippen molar-refractivity contribution in [1.29, 1.82) is 0 Å². The third kappa shape index (κ3) is 3.72. The topological polar surface area (TPSA) is 67.4 Å². The number of imide groups is 1. The first-order valence-electron chi connectivity index (χ1n) is 9.08. The van der Waals surface area contributed by atoms with Gasteiger partial charge in [-0.15, -0.1) is 0 Å². The van der Waals surface area contributed by atoms with Crippen LogP contribution in [0.4, 0.5) is 5.69 Å². The van der Waals surface area contributed by atoms with Gasteiger partial charge in [0.1, 0.15) is 5.75 Å². The highest BCUT2D eigenvalue weighted by Crippen LogP contribution is 2.26. The summed E-state index contributed by atoms with van der Waals surface area (Å²) >= 11 is 0. The molecule has 2 aliphatic rings. The molecular weight excluding hydrogens is 328 g/mol. The Labute approximate surface area is 152 Å². The maximum atomic E-state index is 11.7. The van der Waals surface area contributed by atoms with E-state index < -0.39 is 0 Å². The van der Waals surface area contributed by atoms with Gasteiger partial charge in [0.2, 0.25) is 11.8 Å². The second-order valence-corrected chi connectivity index (χ2v) is 6.96. The van der Waals surface area contributed by atoms with E-state index in [9.17, 15) is 9.59 Å². The smallest absolute Gasteiger partial charge is 0.230 e. The van der Waals surface area contributed by atoms with Crippen LogP contribution in [0.2, 0.25) is 0 Å². The van der Waals surface area contributed by atoms with Gasteiger partial charge < -0.3 is 10.1 Å². The molecule has 2 amide bonds. The van der Waals surface area contributed by atoms with Crippen molar-refractivity contribution in [3.05, 3.63) is 59.2 Å². The lowest BCUT2D eigenvalue weighted by molar-refractivity contribution is -0.125. The van der Waals surface area contributed by atoms with Gasteiger partial charge in [0, 0.05) is 18.7 Å². The SMILES string of the molecule is O=C1CC(Cc2ccc(NCc3ccc4c(c3)CCCO4)cc2)C(=O)N1. The van der Waals surface area contributed by atoms with Crippen molar-refractivity contribution in [2.45, 2.75) is 32.2 Å². The summed E-state index contributed by atoms with van der Waals surface area (Å²) in [7, 11) is 0. The number of hydrogen-bond acceptors (Lipinski definition) is 4. The van der Waals surface area contributed by atoms with Gasteiger partial charge >= 0.3 is 0 Å². The van der Waals surface area contributed by atoms with Crippen molar-refractivity contribution in [2.24, 2.45) is 5.92 Å². The number of rotatable bonds is 5. The highest BCUT2D eigenvalue weighted by molar-refractivity contribution is 6.03. The Morgan fingerprint density at radius 3 is 2.65 bits per heavy atom. The second-order valence-electron chi connectivity index (χ2n) is 6.96. The maximum absolute atomic E-state index is 11.7. The van der Waals surface area contributed by atoms with E-state index in [1.807, 2.05) is 24.3 Å². The average molecular weight is 350 g/mol. The lowest BCUT2D eigenvalue weighted by Gasteiger charge is -2.18. The lowest BCUT2D eigenvalue weighted by Crippen LogP contribution is -2.22. The first-order chi connectivity index (χ1) is 12.7. The van der Waals surface area contributed by atoms with E-state index in [0.29, 0.717) is 12.8 Å². The second kappa shape index (κ2) is 7.20. The molecule has 1 fully saturated rings. The van der Waals surface area contributed by atoms with Crippen LogP contribution in [0.15, 0.2) is 42.5 Å². The van der Waals surface area contributed by atoms with Gasteiger partial charge in [-0.1, -0.05) is 24.3 Å². The Morgan fingerprint density at radius 2 is 1.88 bits per heavy atom. The summed E-state index contributed by atoms with van der Waals surface area (Å²) in [6.45, 7) is 1.57. The Morgan fingerprint density at radius 1 is 1.08 bits per heavy atom. The van der Waals surface area contributed by atoms with Crippen molar-refractivity contribution in [3.8, 4) is 5.75 Å². The molecule has 2 heterocycles. The number of fused-ring (bicyclic) bond motifs is 1. The Bertz CT molecular complexity index is 830. The van der Waals surface area contributed by atoms with Gasteiger partial charge in [-0.2, -0.15) is 0 Å². The number of nitrogens with one attached hydrogen (secondary N) is 2. The molecule has 2 aromatic rings. The fraction of sp³-hybridized carbons (Fsp3) is 0.333. The van der Waals surface area contributed by atoms with Gasteiger partial charge in [-0.3, -0.25) is 14.9 Å². The number of benzene rings is 2. The van der Waals surface area contributed by atoms with Crippen molar-refractivity contribution < 1.29 is 14.3 Å². The van der Waals surface area contributed by atoms with Crippen molar-refractivity contribution in [1.82, 2.24) is 5.32 Å². The Balaban J connectivity index is 1.34. The van der Waals surface area contributed by atoms with Gasteiger partial charge in [0.25, 0.3) is 0 Å². The molecule has 2 aliphatic heterocycles. The summed E-state index contributed by atoms with van der Waals surface area (Å²) in [6, 6.07) is 14.4. The molecule has 1 unspecified atom stereocenters. The van der Waals surface area contributed by atoms with Crippen LogP contribution < -0.4 is 15.4 Å². The number of aryl methyl sites for hydroxylation is 1. The molecule has 0 radical (unpaired) electrons. The highest BCUT2D eigenvalue weighted by Gasteiger charge is 2.30. The predicted octanol–water partition coefficient (Wildman–Crippen LogP) is 2.83. The molecule has 134 valence electrons. The predicted molar refractivity (Wildman–Crippen MR) is 99.0 cm³/mol. The number of ether oxygens (including phenoxy) is 1. The number of hydrogen-bond donors (Lipinski definition) is 2. The molecule has 1 atom stereocenters. The van der Waals surface area contributed by atoms with E-state index in [1.165, 1.54) is 11.1 Å². The number of carbonyl (C=O) groups is 2. The molecule has 0 saturated carbocycles. The molecule has 1 saturated heterocycles. The maximum Gasteiger partial charge on any atom is 0.230 e. The number of carbonyl (C=O) groups excluding carboxylic acids is 2. The molecule has 0 spiro atoms. The zero-order valence-electron chi connectivity index (χ0n) is 14.6. The molecule has 0 aromatic heterocycles. The third-order valence-corrected chi connectivity index (χ3v) is 4.97. The van der Waals surface area contributed by atoms with Crippen LogP contribution in [0.5, 0.6) is 5.75 Å². The zero-order chi connectivity index (χ0) is 17.9. The minimum absolute atomic E-state index is 0.159. The average Bonchev–Trinajstić information content (AvgIpc) is 2.98. The van der Waals surface area contributed by atoms with Crippen molar-refractivity contribution in [2.75, 3.05) is 11.9 Å². The number of anilines is 1. The number of amides is 2. The van der Waals surface area contributed by atoms with Gasteiger partial charge in [0.05, 0.1) is 12.5 Å². The van der Waals surface area contributed by atoms with E-state index >= 15 is 0 Å². The summed E-state index contributed by atoms with van der Waals surface area (Å²) in [4.78, 5) is 22.9. The van der Waals surface area contributed by atoms with Gasteiger partial charge in [-0.05, 0) is 54.2 Å². The van der Waals surface area contributed by atoms with Gasteiger partial charge in [-0.25, -0.2) is 0 Å². The molecule has 0 aliphatic carbocycles. The summed E-state index contributed by atoms with van der Waals surface area (Å²) < 4.78 is 5.65. The fourth-order valence-electron chi connectivity index (χ4n) is 3.54. The molecule has 5 nitrogen and oxygen atoms in total. The normalized spacial score (nSPS) is 18.8. The summed E-state index contributed by atoms with van der Waals surface area (Å²) in [5.74, 6) is 0.445. The van der Waals surface area contributed by atoms with E-state index in [0.717, 1.165) is 43.0 Å². The molecular formula is C21H22N2O3. The van der Waals surface area contributed by atoms with Crippen LogP contribution in [-0.2, 0) is 29.0 Å². The van der Waals surface area contributed by atoms with Crippen LogP contribution in [-0.4, -0.2) is 18.4 Å². The van der Waals surface area contributed by atoms with Crippen LogP contribution in [0.1, 0.15) is 29.5 Å². The monoisotopic (exact) mass is 350 g/mol. The zero-order valence-corrected chi connectivity index (χ0v) is 14.6. The van der Waals surface area contributed by atoms with Crippen LogP contribution in [0.3, 0.4) is 0 Å². The van der Waals surface area contributed by atoms with Crippen LogP contribution in [0, 0.1) is 5.92 Å². The molecule has 5 heteroatoms. The highest BCUT2D eigenvalue weighted by atomic mass is 16.5. The minimum Gasteiger partial charge on any atom is -0.493 e. The van der Waals surface area contributed by atoms with Gasteiger partial charge in [0.15, 0.2) is 0 Å². The largest absolute Gasteiger partial charge is 0.493 e. The first-order valence-corrected chi connectivity index (χ1v) is 9.08. The fourth-order valence-corrected chi connectivity index (χ4v) is 3.54. The van der Waals surface area contributed by atoms with Crippen molar-refractivity contribution >= 4 is 17.5 Å². The lowest BCUT2D eigenvalue weighted by atomic mass is 9.98. The van der Waals surface area contributed by atoms with E-state index in [2.05, 4.69) is 28.8 Å². The van der Waals surface area contributed by atoms with Crippen LogP contribution in [0.25, 0.3) is 0 Å². The van der Waals surface area contributed by atoms with Crippen molar-refractivity contribution in [3.63, 3.8) is 0 Å². The molecule has 2 aromatic carbocycles. The standard InChI is InChI=1S/C21H22N2O3/c24-20-12-17(21(25)23-20)10-14-3-6-18(7-4-14)22-13-15-5-8-19-16(11-15)2-1-9-26-19/h3-8,11,17,22H,1-2,9-10,12-13H2,(H,23,24,25). The minimum atomic E-state index is -0.237. The summed E-state index contributed by atoms with van der Waals surface area (Å²) in [6.07, 6.45) is 3.05. The Hall–Kier alpha value is -2.82. The molecule has 2 N–H and O–H groups in total. The summed E-state index contributed by atoms with van der Waals surface area (Å²) in [5, 5.41) is 5.79. The van der Waals surface area contributed by atoms with Crippen LogP contribution >= 0.6 is 0 Å². The molecule has 4 rings (SSSR count). The van der Waals surface area contributed by atoms with E-state index in [-0.39, 0.29) is 17.7 Å². The third-order valence-electron chi connectivity index (χ3n) is 4.97.